The van der Waals surface area contributed by atoms with Crippen LogP contribution in [0.15, 0.2) is 23.3 Å². The molecule has 0 radical (unpaired) electrons. The summed E-state index contributed by atoms with van der Waals surface area (Å²) >= 11 is 0. The molecule has 4 aliphatic carbocycles. The van der Waals surface area contributed by atoms with Crippen LogP contribution in [-0.2, 0) is 0 Å². The highest BCUT2D eigenvalue weighted by Gasteiger charge is 2.55. The summed E-state index contributed by atoms with van der Waals surface area (Å²) in [5.74, 6) is 3.11. The Hall–Kier alpha value is -0.600. The molecule has 0 aromatic rings. The number of aliphatic hydroxyl groups is 1. The van der Waals surface area contributed by atoms with Gasteiger partial charge in [0, 0.05) is 6.54 Å². The molecule has 0 heterocycles. The molecular weight excluding hydrogens is 306 g/mol. The van der Waals surface area contributed by atoms with Crippen LogP contribution in [-0.4, -0.2) is 23.8 Å². The van der Waals surface area contributed by atoms with Gasteiger partial charge >= 0.3 is 0 Å². The van der Waals surface area contributed by atoms with Gasteiger partial charge in [0.2, 0.25) is 0 Å². The molecule has 0 amide bonds. The van der Waals surface area contributed by atoms with Crippen LogP contribution in [0.4, 0.5) is 0 Å². The van der Waals surface area contributed by atoms with Crippen LogP contribution in [0, 0.1) is 23.7 Å². The van der Waals surface area contributed by atoms with Crippen LogP contribution in [0.5, 0.6) is 0 Å². The van der Waals surface area contributed by atoms with Crippen molar-refractivity contribution in [1.82, 2.24) is 5.32 Å². The summed E-state index contributed by atoms with van der Waals surface area (Å²) in [6, 6.07) is 0. The highest BCUT2D eigenvalue weighted by molar-refractivity contribution is 5.07. The molecule has 2 heteroatoms. The molecule has 25 heavy (non-hydrogen) atoms. The van der Waals surface area contributed by atoms with E-state index in [1.807, 2.05) is 0 Å². The maximum atomic E-state index is 11.3. The molecule has 0 aromatic heterocycles. The molecule has 0 aliphatic heterocycles. The molecule has 2 nitrogen and oxygen atoms in total. The minimum atomic E-state index is -0.328. The number of allylic oxidation sites excluding steroid dienone is 3. The second kappa shape index (κ2) is 8.39. The minimum Gasteiger partial charge on any atom is -0.389 e. The normalized spacial score (nSPS) is 36.7. The zero-order valence-corrected chi connectivity index (χ0v) is 16.7. The average molecular weight is 346 g/mol. The Balaban J connectivity index is 1.33. The Bertz CT molecular complexity index is 472. The molecule has 4 rings (SSSR count). The van der Waals surface area contributed by atoms with Crippen molar-refractivity contribution in [3.8, 4) is 0 Å². The lowest BCUT2D eigenvalue weighted by atomic mass is 9.49. The van der Waals surface area contributed by atoms with Crippen molar-refractivity contribution < 1.29 is 5.11 Å². The summed E-state index contributed by atoms with van der Waals surface area (Å²) in [7, 11) is 0. The number of rotatable bonds is 9. The van der Waals surface area contributed by atoms with Crippen molar-refractivity contribution in [3.05, 3.63) is 23.3 Å². The third kappa shape index (κ3) is 4.77. The van der Waals surface area contributed by atoms with E-state index in [4.69, 9.17) is 0 Å². The van der Waals surface area contributed by atoms with E-state index >= 15 is 0 Å². The maximum absolute atomic E-state index is 11.3. The average Bonchev–Trinajstić information content (AvgIpc) is 2.55. The lowest BCUT2D eigenvalue weighted by Gasteiger charge is -2.59. The van der Waals surface area contributed by atoms with E-state index in [0.29, 0.717) is 11.8 Å². The van der Waals surface area contributed by atoms with Gasteiger partial charge in [-0.05, 0) is 109 Å². The summed E-state index contributed by atoms with van der Waals surface area (Å²) < 4.78 is 0. The molecule has 0 unspecified atom stereocenters. The SMILES string of the molecule is CC(C)=CCCC(C)=CCNCCCC1(O)C2CC3CC(C2)CC1C3. The van der Waals surface area contributed by atoms with Crippen molar-refractivity contribution in [1.29, 1.82) is 0 Å². The summed E-state index contributed by atoms with van der Waals surface area (Å²) in [6.07, 6.45) is 15.8. The summed E-state index contributed by atoms with van der Waals surface area (Å²) in [5.41, 5.74) is 2.56. The van der Waals surface area contributed by atoms with Crippen LogP contribution in [0.1, 0.15) is 78.6 Å². The van der Waals surface area contributed by atoms with Crippen LogP contribution in [0.2, 0.25) is 0 Å². The van der Waals surface area contributed by atoms with Crippen molar-refractivity contribution in [3.63, 3.8) is 0 Å². The van der Waals surface area contributed by atoms with E-state index in [1.54, 1.807) is 0 Å². The van der Waals surface area contributed by atoms with Gasteiger partial charge in [0.25, 0.3) is 0 Å². The first-order valence-corrected chi connectivity index (χ1v) is 10.7. The third-order valence-corrected chi connectivity index (χ3v) is 7.17. The molecular formula is C23H39NO. The van der Waals surface area contributed by atoms with Crippen LogP contribution in [0.25, 0.3) is 0 Å². The second-order valence-electron chi connectivity index (χ2n) is 9.47. The van der Waals surface area contributed by atoms with Gasteiger partial charge in [-0.15, -0.1) is 0 Å². The van der Waals surface area contributed by atoms with Crippen molar-refractivity contribution in [2.75, 3.05) is 13.1 Å². The zero-order chi connectivity index (χ0) is 17.9. The molecule has 0 aromatic carbocycles. The van der Waals surface area contributed by atoms with Gasteiger partial charge in [0.1, 0.15) is 0 Å². The Morgan fingerprint density at radius 3 is 2.24 bits per heavy atom. The summed E-state index contributed by atoms with van der Waals surface area (Å²) in [4.78, 5) is 0. The number of nitrogens with one attached hydrogen (secondary N) is 1. The molecule has 0 spiro atoms. The van der Waals surface area contributed by atoms with Crippen LogP contribution >= 0.6 is 0 Å². The summed E-state index contributed by atoms with van der Waals surface area (Å²) in [5, 5.41) is 14.9. The first-order chi connectivity index (χ1) is 12.0. The highest BCUT2D eigenvalue weighted by Crippen LogP contribution is 2.59. The summed E-state index contributed by atoms with van der Waals surface area (Å²) in [6.45, 7) is 8.57. The van der Waals surface area contributed by atoms with E-state index in [0.717, 1.165) is 50.6 Å². The largest absolute Gasteiger partial charge is 0.389 e. The minimum absolute atomic E-state index is 0.328. The molecule has 2 N–H and O–H groups in total. The predicted octanol–water partition coefficient (Wildman–Crippen LogP) is 5.24. The van der Waals surface area contributed by atoms with Crippen LogP contribution < -0.4 is 5.32 Å². The fourth-order valence-electron chi connectivity index (χ4n) is 5.94. The molecule has 4 fully saturated rings. The topological polar surface area (TPSA) is 32.3 Å². The smallest absolute Gasteiger partial charge is 0.0704 e. The monoisotopic (exact) mass is 345 g/mol. The van der Waals surface area contributed by atoms with Gasteiger partial charge in [0.15, 0.2) is 0 Å². The Labute approximate surface area is 155 Å². The predicted molar refractivity (Wildman–Crippen MR) is 107 cm³/mol. The van der Waals surface area contributed by atoms with E-state index in [9.17, 15) is 5.11 Å². The van der Waals surface area contributed by atoms with Gasteiger partial charge in [-0.1, -0.05) is 23.3 Å². The van der Waals surface area contributed by atoms with Gasteiger partial charge in [-0.3, -0.25) is 0 Å². The first-order valence-electron chi connectivity index (χ1n) is 10.7. The Kier molecular flexibility index (Phi) is 6.44. The Morgan fingerprint density at radius 2 is 1.64 bits per heavy atom. The van der Waals surface area contributed by atoms with E-state index < -0.39 is 0 Å². The van der Waals surface area contributed by atoms with E-state index in [2.05, 4.69) is 38.2 Å². The van der Waals surface area contributed by atoms with Gasteiger partial charge in [0.05, 0.1) is 5.60 Å². The first kappa shape index (κ1) is 19.2. The fourth-order valence-corrected chi connectivity index (χ4v) is 5.94. The van der Waals surface area contributed by atoms with Gasteiger partial charge in [-0.2, -0.15) is 0 Å². The van der Waals surface area contributed by atoms with Crippen molar-refractivity contribution >= 4 is 0 Å². The fraction of sp³-hybridized carbons (Fsp3) is 0.826. The second-order valence-corrected chi connectivity index (χ2v) is 9.47. The van der Waals surface area contributed by atoms with Crippen molar-refractivity contribution in [2.24, 2.45) is 23.7 Å². The zero-order valence-electron chi connectivity index (χ0n) is 16.7. The Morgan fingerprint density at radius 1 is 1.00 bits per heavy atom. The van der Waals surface area contributed by atoms with Crippen LogP contribution in [0.3, 0.4) is 0 Å². The number of hydrogen-bond acceptors (Lipinski definition) is 2. The molecule has 4 aliphatic rings. The van der Waals surface area contributed by atoms with Gasteiger partial charge < -0.3 is 10.4 Å². The molecule has 4 saturated carbocycles. The molecule has 0 atom stereocenters. The molecule has 142 valence electrons. The van der Waals surface area contributed by atoms with Gasteiger partial charge in [-0.25, -0.2) is 0 Å². The third-order valence-electron chi connectivity index (χ3n) is 7.17. The standard InChI is InChI=1S/C23H39NO/c1-17(2)6-4-7-18(3)8-11-24-10-5-9-23(25)21-13-19-12-20(15-21)16-22(23)14-19/h6,8,19-22,24-25H,4-5,7,9-16H2,1-3H3. The molecule has 0 saturated heterocycles. The lowest BCUT2D eigenvalue weighted by molar-refractivity contribution is -0.176. The maximum Gasteiger partial charge on any atom is 0.0704 e. The quantitative estimate of drug-likeness (QED) is 0.442. The lowest BCUT2D eigenvalue weighted by Crippen LogP contribution is -2.57. The van der Waals surface area contributed by atoms with E-state index in [1.165, 1.54) is 43.3 Å². The van der Waals surface area contributed by atoms with E-state index in [-0.39, 0.29) is 5.60 Å². The highest BCUT2D eigenvalue weighted by atomic mass is 16.3. The van der Waals surface area contributed by atoms with Crippen molar-refractivity contribution in [2.45, 2.75) is 84.2 Å². The number of hydrogen-bond donors (Lipinski definition) is 2. The molecule has 4 bridgehead atoms.